The van der Waals surface area contributed by atoms with Crippen molar-refractivity contribution in [2.45, 2.75) is 5.79 Å². The first-order chi connectivity index (χ1) is 13.9. The molecule has 3 heterocycles. The van der Waals surface area contributed by atoms with Crippen LogP contribution in [-0.2, 0) is 5.79 Å². The Morgan fingerprint density at radius 2 is 1.97 bits per heavy atom. The Balaban J connectivity index is 1.64. The highest BCUT2D eigenvalue weighted by molar-refractivity contribution is 6.04. The van der Waals surface area contributed by atoms with Crippen LogP contribution in [-0.4, -0.2) is 73.9 Å². The summed E-state index contributed by atoms with van der Waals surface area (Å²) in [6, 6.07) is 7.28. The second-order valence-corrected chi connectivity index (χ2v) is 7.41. The molecule has 4 rings (SSSR count). The molecule has 9 nitrogen and oxygen atoms in total. The molecule has 0 spiro atoms. The number of carbonyl (C=O) groups excluding carboxylic acids is 1. The Labute approximate surface area is 169 Å². The van der Waals surface area contributed by atoms with E-state index in [2.05, 4.69) is 32.6 Å². The van der Waals surface area contributed by atoms with Crippen molar-refractivity contribution in [3.05, 3.63) is 47.3 Å². The van der Waals surface area contributed by atoms with Crippen LogP contribution in [0.5, 0.6) is 5.75 Å². The number of ether oxygens (including phenoxy) is 1. The predicted octanol–water partition coefficient (Wildman–Crippen LogP) is 0.572. The average molecular weight is 397 g/mol. The van der Waals surface area contributed by atoms with Gasteiger partial charge in [-0.1, -0.05) is 0 Å². The summed E-state index contributed by atoms with van der Waals surface area (Å²) in [6.07, 6.45) is 1.82. The lowest BCUT2D eigenvalue weighted by Gasteiger charge is -2.38. The number of hydrogen-bond acceptors (Lipinski definition) is 6. The number of amides is 1. The molecule has 2 aliphatic rings. The molecule has 1 saturated heterocycles. The van der Waals surface area contributed by atoms with Gasteiger partial charge in [0.2, 0.25) is 0 Å². The number of nitrogens with one attached hydrogen (secondary N) is 3. The van der Waals surface area contributed by atoms with Crippen LogP contribution in [0.25, 0.3) is 0 Å². The third-order valence-corrected chi connectivity index (χ3v) is 5.52. The van der Waals surface area contributed by atoms with Gasteiger partial charge in [0.1, 0.15) is 17.3 Å². The smallest absolute Gasteiger partial charge is 0.254 e. The van der Waals surface area contributed by atoms with E-state index < -0.39 is 5.79 Å². The van der Waals surface area contributed by atoms with E-state index in [-0.39, 0.29) is 5.91 Å². The minimum atomic E-state index is -1.13. The number of aliphatic imine (C=N–C) groups is 1. The number of methoxy groups -OCH3 is 1. The molecular weight excluding hydrogens is 370 g/mol. The summed E-state index contributed by atoms with van der Waals surface area (Å²) in [5.41, 5.74) is 9.63. The van der Waals surface area contributed by atoms with E-state index in [0.29, 0.717) is 22.7 Å². The molecule has 5 N–H and O–H groups in total. The molecule has 0 bridgehead atoms. The maximum absolute atomic E-state index is 12.9. The fourth-order valence-corrected chi connectivity index (χ4v) is 3.81. The van der Waals surface area contributed by atoms with E-state index in [0.717, 1.165) is 37.6 Å². The molecule has 2 aliphatic heterocycles. The SMILES string of the molecule is CN=C1NC(N)(c2ccc(C(=O)N3CCN(C)CC3)cc2OC)Nc2cc[nH]c21. The Bertz CT molecular complexity index is 946. The number of rotatable bonds is 3. The van der Waals surface area contributed by atoms with Gasteiger partial charge in [0.25, 0.3) is 5.91 Å². The maximum Gasteiger partial charge on any atom is 0.254 e. The number of aromatic amines is 1. The first-order valence-corrected chi connectivity index (χ1v) is 9.61. The topological polar surface area (TPSA) is 111 Å². The zero-order chi connectivity index (χ0) is 20.6. The number of carbonyl (C=O) groups is 1. The monoisotopic (exact) mass is 397 g/mol. The number of nitrogens with zero attached hydrogens (tertiary/aromatic N) is 3. The van der Waals surface area contributed by atoms with Crippen LogP contribution in [0.3, 0.4) is 0 Å². The summed E-state index contributed by atoms with van der Waals surface area (Å²) in [6.45, 7) is 3.18. The van der Waals surface area contributed by atoms with E-state index in [1.165, 1.54) is 0 Å². The van der Waals surface area contributed by atoms with Crippen molar-refractivity contribution >= 4 is 17.4 Å². The number of amidine groups is 1. The standard InChI is InChI=1S/C20H27N7O2/c1-22-18-17-15(6-7-23-17)24-20(21,25-18)14-5-4-13(12-16(14)29-3)19(28)27-10-8-26(2)9-11-27/h4-7,12,23-24H,8-11,21H2,1-3H3,(H,22,25). The van der Waals surface area contributed by atoms with Gasteiger partial charge in [-0.2, -0.15) is 0 Å². The molecule has 2 aromatic rings. The molecule has 0 radical (unpaired) electrons. The third kappa shape index (κ3) is 3.43. The van der Waals surface area contributed by atoms with Crippen molar-refractivity contribution in [1.29, 1.82) is 0 Å². The fourth-order valence-electron chi connectivity index (χ4n) is 3.81. The van der Waals surface area contributed by atoms with Gasteiger partial charge < -0.3 is 30.2 Å². The van der Waals surface area contributed by atoms with E-state index >= 15 is 0 Å². The molecule has 29 heavy (non-hydrogen) atoms. The van der Waals surface area contributed by atoms with E-state index in [4.69, 9.17) is 10.5 Å². The normalized spacial score (nSPS) is 23.3. The van der Waals surface area contributed by atoms with Gasteiger partial charge in [0, 0.05) is 45.0 Å². The van der Waals surface area contributed by atoms with Crippen LogP contribution in [0, 0.1) is 0 Å². The lowest BCUT2D eigenvalue weighted by molar-refractivity contribution is 0.0663. The molecule has 1 fully saturated rings. The zero-order valence-corrected chi connectivity index (χ0v) is 17.0. The van der Waals surface area contributed by atoms with Crippen LogP contribution in [0.1, 0.15) is 21.6 Å². The number of anilines is 1. The van der Waals surface area contributed by atoms with Crippen LogP contribution in [0.4, 0.5) is 5.69 Å². The second-order valence-electron chi connectivity index (χ2n) is 7.41. The summed E-state index contributed by atoms with van der Waals surface area (Å²) in [5.74, 6) is 0.0419. The van der Waals surface area contributed by atoms with Gasteiger partial charge in [0.15, 0.2) is 5.79 Å². The van der Waals surface area contributed by atoms with Crippen molar-refractivity contribution < 1.29 is 9.53 Å². The lowest BCUT2D eigenvalue weighted by atomic mass is 10.0. The van der Waals surface area contributed by atoms with Gasteiger partial charge >= 0.3 is 0 Å². The van der Waals surface area contributed by atoms with Gasteiger partial charge in [-0.15, -0.1) is 0 Å². The number of nitrogens with two attached hydrogens (primary N) is 1. The number of aromatic nitrogens is 1. The number of H-pyrrole nitrogens is 1. The second kappa shape index (κ2) is 7.41. The van der Waals surface area contributed by atoms with Gasteiger partial charge in [0.05, 0.1) is 18.4 Å². The highest BCUT2D eigenvalue weighted by atomic mass is 16.5. The highest BCUT2D eigenvalue weighted by Crippen LogP contribution is 2.33. The Morgan fingerprint density at radius 1 is 1.21 bits per heavy atom. The molecule has 1 amide bonds. The number of fused-ring (bicyclic) bond motifs is 1. The van der Waals surface area contributed by atoms with Gasteiger partial charge in [-0.05, 0) is 31.3 Å². The Kier molecular flexibility index (Phi) is 4.93. The number of hydrogen-bond donors (Lipinski definition) is 4. The summed E-state index contributed by atoms with van der Waals surface area (Å²) >= 11 is 0. The van der Waals surface area contributed by atoms with Crippen molar-refractivity contribution in [1.82, 2.24) is 20.1 Å². The van der Waals surface area contributed by atoms with Crippen LogP contribution in [0.15, 0.2) is 35.5 Å². The molecule has 154 valence electrons. The minimum Gasteiger partial charge on any atom is -0.496 e. The zero-order valence-electron chi connectivity index (χ0n) is 17.0. The minimum absolute atomic E-state index is 0.00214. The van der Waals surface area contributed by atoms with Crippen molar-refractivity contribution in [3.63, 3.8) is 0 Å². The van der Waals surface area contributed by atoms with Gasteiger partial charge in [-0.3, -0.25) is 15.5 Å². The fraction of sp³-hybridized carbons (Fsp3) is 0.400. The number of piperazine rings is 1. The average Bonchev–Trinajstić information content (AvgIpc) is 3.20. The third-order valence-electron chi connectivity index (χ3n) is 5.52. The molecule has 0 saturated carbocycles. The van der Waals surface area contributed by atoms with Crippen molar-refractivity contribution in [2.75, 3.05) is 52.7 Å². The van der Waals surface area contributed by atoms with E-state index in [9.17, 15) is 4.79 Å². The van der Waals surface area contributed by atoms with E-state index in [1.807, 2.05) is 23.2 Å². The number of benzene rings is 1. The molecule has 1 aromatic heterocycles. The lowest BCUT2D eigenvalue weighted by Crippen LogP contribution is -2.61. The van der Waals surface area contributed by atoms with Crippen molar-refractivity contribution in [2.24, 2.45) is 10.7 Å². The van der Waals surface area contributed by atoms with Crippen LogP contribution >= 0.6 is 0 Å². The Hall–Kier alpha value is -3.04. The molecule has 1 unspecified atom stereocenters. The van der Waals surface area contributed by atoms with Gasteiger partial charge in [-0.25, -0.2) is 0 Å². The first kappa shape index (κ1) is 19.3. The molecule has 1 aromatic carbocycles. The summed E-state index contributed by atoms with van der Waals surface area (Å²) in [4.78, 5) is 24.5. The van der Waals surface area contributed by atoms with Crippen LogP contribution < -0.4 is 21.1 Å². The van der Waals surface area contributed by atoms with Crippen LogP contribution in [0.2, 0.25) is 0 Å². The predicted molar refractivity (Wildman–Crippen MR) is 112 cm³/mol. The highest BCUT2D eigenvalue weighted by Gasteiger charge is 2.37. The molecule has 1 atom stereocenters. The van der Waals surface area contributed by atoms with E-state index in [1.54, 1.807) is 26.3 Å². The van der Waals surface area contributed by atoms with Crippen molar-refractivity contribution in [3.8, 4) is 5.75 Å². The summed E-state index contributed by atoms with van der Waals surface area (Å²) < 4.78 is 5.61. The maximum atomic E-state index is 12.9. The summed E-state index contributed by atoms with van der Waals surface area (Å²) in [5, 5.41) is 6.53. The summed E-state index contributed by atoms with van der Waals surface area (Å²) in [7, 11) is 5.34. The molecule has 0 aliphatic carbocycles. The number of likely N-dealkylation sites (N-methyl/N-ethyl adjacent to an activating group) is 1. The largest absolute Gasteiger partial charge is 0.496 e. The Morgan fingerprint density at radius 3 is 2.66 bits per heavy atom. The molecule has 9 heteroatoms. The first-order valence-electron chi connectivity index (χ1n) is 9.61. The quantitative estimate of drug-likeness (QED) is 0.603. The molecular formula is C20H27N7O2.